The Labute approximate surface area is 114 Å². The quantitative estimate of drug-likeness (QED) is 0.381. The highest BCUT2D eigenvalue weighted by molar-refractivity contribution is 9.09. The van der Waals surface area contributed by atoms with E-state index in [1.807, 2.05) is 0 Å². The van der Waals surface area contributed by atoms with Crippen molar-refractivity contribution >= 4 is 27.7 Å². The molecule has 0 aliphatic rings. The fourth-order valence-corrected chi connectivity index (χ4v) is 2.54. The van der Waals surface area contributed by atoms with Gasteiger partial charge in [-0.25, -0.2) is 8.78 Å². The molecule has 0 unspecified atom stereocenters. The van der Waals surface area contributed by atoms with Gasteiger partial charge < -0.3 is 0 Å². The number of hydrogen-bond acceptors (Lipinski definition) is 1. The SMILES string of the molecule is FC(F)c1cccc(SC(F)(F)F)c1CCCBr. The van der Waals surface area contributed by atoms with Crippen LogP contribution in [-0.2, 0) is 6.42 Å². The maximum absolute atomic E-state index is 12.8. The average Bonchev–Trinajstić information content (AvgIpc) is 2.24. The van der Waals surface area contributed by atoms with Gasteiger partial charge in [0.05, 0.1) is 0 Å². The second-order valence-electron chi connectivity index (χ2n) is 3.46. The van der Waals surface area contributed by atoms with E-state index in [1.165, 1.54) is 18.2 Å². The van der Waals surface area contributed by atoms with Gasteiger partial charge in [0, 0.05) is 15.8 Å². The molecule has 0 heterocycles. The topological polar surface area (TPSA) is 0 Å². The lowest BCUT2D eigenvalue weighted by molar-refractivity contribution is -0.0328. The fraction of sp³-hybridized carbons (Fsp3) is 0.455. The van der Waals surface area contributed by atoms with Crippen molar-refractivity contribution in [2.75, 3.05) is 5.33 Å². The van der Waals surface area contributed by atoms with E-state index in [4.69, 9.17) is 0 Å². The first kappa shape index (κ1) is 15.8. The standard InChI is InChI=1S/C11H10BrF5S/c12-6-2-4-7-8(10(13)14)3-1-5-9(7)18-11(15,16)17/h1,3,5,10H,2,4,6H2. The first-order chi connectivity index (χ1) is 8.35. The number of alkyl halides is 6. The number of benzene rings is 1. The van der Waals surface area contributed by atoms with Crippen LogP contribution in [0.1, 0.15) is 24.0 Å². The van der Waals surface area contributed by atoms with Crippen LogP contribution in [0.3, 0.4) is 0 Å². The third-order valence-electron chi connectivity index (χ3n) is 2.19. The molecule has 0 atom stereocenters. The van der Waals surface area contributed by atoms with Crippen molar-refractivity contribution in [2.45, 2.75) is 29.7 Å². The van der Waals surface area contributed by atoms with Crippen LogP contribution in [-0.4, -0.2) is 10.8 Å². The Morgan fingerprint density at radius 1 is 1.22 bits per heavy atom. The van der Waals surface area contributed by atoms with Crippen LogP contribution < -0.4 is 0 Å². The number of rotatable bonds is 5. The molecule has 102 valence electrons. The third-order valence-corrected chi connectivity index (χ3v) is 3.59. The minimum atomic E-state index is -4.47. The summed E-state index contributed by atoms with van der Waals surface area (Å²) in [4.78, 5) is -0.138. The fourth-order valence-electron chi connectivity index (χ4n) is 1.52. The van der Waals surface area contributed by atoms with Crippen molar-refractivity contribution in [3.63, 3.8) is 0 Å². The predicted molar refractivity (Wildman–Crippen MR) is 65.4 cm³/mol. The Kier molecular flexibility index (Phi) is 5.91. The minimum Gasteiger partial charge on any atom is -0.205 e. The lowest BCUT2D eigenvalue weighted by Gasteiger charge is -2.14. The van der Waals surface area contributed by atoms with Crippen molar-refractivity contribution in [3.8, 4) is 0 Å². The first-order valence-electron chi connectivity index (χ1n) is 5.07. The molecule has 0 nitrogen and oxygen atoms in total. The molecule has 1 rings (SSSR count). The lowest BCUT2D eigenvalue weighted by atomic mass is 10.0. The molecule has 0 N–H and O–H groups in total. The maximum Gasteiger partial charge on any atom is 0.446 e. The Morgan fingerprint density at radius 2 is 1.89 bits per heavy atom. The van der Waals surface area contributed by atoms with E-state index in [9.17, 15) is 22.0 Å². The van der Waals surface area contributed by atoms with E-state index in [1.54, 1.807) is 0 Å². The van der Waals surface area contributed by atoms with Crippen LogP contribution in [0.2, 0.25) is 0 Å². The molecule has 0 radical (unpaired) electrons. The number of thioether (sulfide) groups is 1. The van der Waals surface area contributed by atoms with Crippen molar-refractivity contribution < 1.29 is 22.0 Å². The maximum atomic E-state index is 12.8. The summed E-state index contributed by atoms with van der Waals surface area (Å²) >= 11 is 2.80. The minimum absolute atomic E-state index is 0.0919. The van der Waals surface area contributed by atoms with Gasteiger partial charge in [0.15, 0.2) is 0 Å². The molecule has 0 spiro atoms. The second-order valence-corrected chi connectivity index (χ2v) is 5.36. The molecule has 0 aliphatic carbocycles. The van der Waals surface area contributed by atoms with E-state index >= 15 is 0 Å². The van der Waals surface area contributed by atoms with Crippen LogP contribution in [0.4, 0.5) is 22.0 Å². The third kappa shape index (κ3) is 4.76. The van der Waals surface area contributed by atoms with Crippen LogP contribution in [0.25, 0.3) is 0 Å². The molecule has 0 aliphatic heterocycles. The van der Waals surface area contributed by atoms with E-state index in [0.29, 0.717) is 11.8 Å². The van der Waals surface area contributed by atoms with Gasteiger partial charge in [-0.05, 0) is 36.2 Å². The molecular weight excluding hydrogens is 339 g/mol. The normalized spacial score (nSPS) is 12.2. The summed E-state index contributed by atoms with van der Waals surface area (Å²) in [7, 11) is 0. The molecular formula is C11H10BrF5S. The zero-order valence-electron chi connectivity index (χ0n) is 9.11. The summed E-state index contributed by atoms with van der Waals surface area (Å²) in [5.41, 5.74) is -4.69. The number of hydrogen-bond donors (Lipinski definition) is 0. The van der Waals surface area contributed by atoms with Crippen LogP contribution in [0, 0.1) is 0 Å². The van der Waals surface area contributed by atoms with Gasteiger partial charge in [0.25, 0.3) is 6.43 Å². The monoisotopic (exact) mass is 348 g/mol. The summed E-state index contributed by atoms with van der Waals surface area (Å²) < 4.78 is 62.6. The summed E-state index contributed by atoms with van der Waals surface area (Å²) in [6, 6.07) is 3.63. The Balaban J connectivity index is 3.11. The largest absolute Gasteiger partial charge is 0.446 e. The van der Waals surface area contributed by atoms with Gasteiger partial charge in [0.2, 0.25) is 0 Å². The Bertz CT molecular complexity index is 392. The van der Waals surface area contributed by atoms with Gasteiger partial charge in [-0.2, -0.15) is 13.2 Å². The smallest absolute Gasteiger partial charge is 0.205 e. The molecule has 0 saturated carbocycles. The first-order valence-corrected chi connectivity index (χ1v) is 7.00. The molecule has 7 heteroatoms. The summed E-state index contributed by atoms with van der Waals surface area (Å²) in [6.07, 6.45) is -2.05. The summed E-state index contributed by atoms with van der Waals surface area (Å²) in [5, 5.41) is 0.556. The van der Waals surface area contributed by atoms with Crippen molar-refractivity contribution in [2.24, 2.45) is 0 Å². The van der Waals surface area contributed by atoms with Gasteiger partial charge in [-0.15, -0.1) is 0 Å². The average molecular weight is 349 g/mol. The molecule has 0 saturated heterocycles. The Morgan fingerprint density at radius 3 is 2.39 bits per heavy atom. The number of halogens is 6. The van der Waals surface area contributed by atoms with Crippen LogP contribution in [0.15, 0.2) is 23.1 Å². The zero-order valence-corrected chi connectivity index (χ0v) is 11.5. The highest BCUT2D eigenvalue weighted by Gasteiger charge is 2.31. The van der Waals surface area contributed by atoms with E-state index in [2.05, 4.69) is 15.9 Å². The van der Waals surface area contributed by atoms with E-state index < -0.39 is 11.9 Å². The highest BCUT2D eigenvalue weighted by atomic mass is 79.9. The summed E-state index contributed by atoms with van der Waals surface area (Å²) in [5.74, 6) is 0. The van der Waals surface area contributed by atoms with Gasteiger partial charge in [-0.1, -0.05) is 28.1 Å². The highest BCUT2D eigenvalue weighted by Crippen LogP contribution is 2.41. The molecule has 0 aromatic heterocycles. The molecule has 18 heavy (non-hydrogen) atoms. The van der Waals surface area contributed by atoms with Gasteiger partial charge >= 0.3 is 5.51 Å². The molecule has 1 aromatic carbocycles. The molecule has 1 aromatic rings. The molecule has 0 bridgehead atoms. The van der Waals surface area contributed by atoms with Crippen LogP contribution >= 0.6 is 27.7 Å². The zero-order chi connectivity index (χ0) is 13.8. The second kappa shape index (κ2) is 6.75. The van der Waals surface area contributed by atoms with E-state index in [-0.39, 0.29) is 34.2 Å². The van der Waals surface area contributed by atoms with Gasteiger partial charge in [0.1, 0.15) is 0 Å². The van der Waals surface area contributed by atoms with Crippen LogP contribution in [0.5, 0.6) is 0 Å². The summed E-state index contributed by atoms with van der Waals surface area (Å²) in [6.45, 7) is 0. The van der Waals surface area contributed by atoms with Crippen molar-refractivity contribution in [1.29, 1.82) is 0 Å². The lowest BCUT2D eigenvalue weighted by Crippen LogP contribution is -2.04. The van der Waals surface area contributed by atoms with Crippen molar-refractivity contribution in [1.82, 2.24) is 0 Å². The molecule has 0 amide bonds. The van der Waals surface area contributed by atoms with Crippen molar-refractivity contribution in [3.05, 3.63) is 29.3 Å². The Hall–Kier alpha value is -0.300. The molecule has 0 fully saturated rings. The predicted octanol–water partition coefficient (Wildman–Crippen LogP) is 5.56. The van der Waals surface area contributed by atoms with E-state index in [0.717, 1.165) is 0 Å². The van der Waals surface area contributed by atoms with Gasteiger partial charge in [-0.3, -0.25) is 0 Å².